The molecule has 0 unspecified atom stereocenters. The molecule has 28 heavy (non-hydrogen) atoms. The van der Waals surface area contributed by atoms with E-state index < -0.39 is 23.5 Å². The first kappa shape index (κ1) is 18.2. The number of thiazole rings is 1. The second kappa shape index (κ2) is 6.75. The van der Waals surface area contributed by atoms with Gasteiger partial charge in [0.15, 0.2) is 10.7 Å². The number of amides is 1. The van der Waals surface area contributed by atoms with Crippen molar-refractivity contribution in [3.8, 4) is 11.3 Å². The average molecular weight is 405 g/mol. The molecule has 1 N–H and O–H groups in total. The number of imidazole rings is 1. The Hall–Kier alpha value is -3.20. The number of fused-ring (bicyclic) bond motifs is 1. The Morgan fingerprint density at radius 2 is 1.71 bits per heavy atom. The number of anilines is 1. The van der Waals surface area contributed by atoms with Crippen molar-refractivity contribution in [2.75, 3.05) is 5.32 Å². The van der Waals surface area contributed by atoms with E-state index in [2.05, 4.69) is 10.3 Å². The fourth-order valence-electron chi connectivity index (χ4n) is 2.76. The number of halogens is 4. The fraction of sp³-hybridized carbons (Fsp3) is 0.0526. The van der Waals surface area contributed by atoms with E-state index in [0.29, 0.717) is 21.9 Å². The maximum absolute atomic E-state index is 13.0. The third kappa shape index (κ3) is 3.36. The van der Waals surface area contributed by atoms with Crippen molar-refractivity contribution in [3.63, 3.8) is 0 Å². The molecule has 4 aromatic rings. The summed E-state index contributed by atoms with van der Waals surface area (Å²) in [6.07, 6.45) is -2.76. The van der Waals surface area contributed by atoms with E-state index in [-0.39, 0.29) is 5.69 Å². The molecule has 0 saturated heterocycles. The van der Waals surface area contributed by atoms with Gasteiger partial charge in [0.1, 0.15) is 5.82 Å². The zero-order chi connectivity index (χ0) is 19.9. The number of alkyl halides is 3. The largest absolute Gasteiger partial charge is 0.416 e. The first-order valence-electron chi connectivity index (χ1n) is 8.03. The highest BCUT2D eigenvalue weighted by Crippen LogP contribution is 2.33. The monoisotopic (exact) mass is 405 g/mol. The van der Waals surface area contributed by atoms with Gasteiger partial charge in [-0.05, 0) is 36.4 Å². The molecular formula is C19H11F4N3OS. The van der Waals surface area contributed by atoms with Crippen molar-refractivity contribution in [3.05, 3.63) is 77.2 Å². The van der Waals surface area contributed by atoms with Crippen LogP contribution in [0.2, 0.25) is 0 Å². The van der Waals surface area contributed by atoms with Gasteiger partial charge in [-0.2, -0.15) is 13.2 Å². The third-order valence-corrected chi connectivity index (χ3v) is 4.82. The van der Waals surface area contributed by atoms with Crippen molar-refractivity contribution in [1.29, 1.82) is 0 Å². The maximum atomic E-state index is 13.0. The van der Waals surface area contributed by atoms with E-state index >= 15 is 0 Å². The summed E-state index contributed by atoms with van der Waals surface area (Å²) in [4.78, 5) is 17.6. The van der Waals surface area contributed by atoms with E-state index in [1.165, 1.54) is 47.7 Å². The van der Waals surface area contributed by atoms with E-state index in [9.17, 15) is 22.4 Å². The van der Waals surface area contributed by atoms with Gasteiger partial charge in [0.05, 0.1) is 11.3 Å². The summed E-state index contributed by atoms with van der Waals surface area (Å²) >= 11 is 1.29. The summed E-state index contributed by atoms with van der Waals surface area (Å²) in [6, 6.07) is 9.76. The number of rotatable bonds is 3. The van der Waals surface area contributed by atoms with Crippen LogP contribution in [0.5, 0.6) is 0 Å². The molecule has 0 spiro atoms. The van der Waals surface area contributed by atoms with Crippen LogP contribution in [0.1, 0.15) is 16.1 Å². The Morgan fingerprint density at radius 3 is 2.36 bits per heavy atom. The Kier molecular flexibility index (Phi) is 4.38. The summed E-state index contributed by atoms with van der Waals surface area (Å²) in [6.45, 7) is 0. The standard InChI is InChI=1S/C19H11F4N3OS/c20-13-5-7-14(8-6-13)24-17(27)15-16(26-9-10-28-18(26)25-15)11-1-3-12(4-2-11)19(21,22)23/h1-10H,(H,24,27). The van der Waals surface area contributed by atoms with Gasteiger partial charge in [0.25, 0.3) is 5.91 Å². The SMILES string of the molecule is O=C(Nc1ccc(F)cc1)c1nc2sccn2c1-c1ccc(C(F)(F)F)cc1. The lowest BCUT2D eigenvalue weighted by atomic mass is 10.1. The van der Waals surface area contributed by atoms with E-state index in [1.807, 2.05) is 0 Å². The van der Waals surface area contributed by atoms with E-state index in [1.54, 1.807) is 16.0 Å². The number of benzene rings is 2. The van der Waals surface area contributed by atoms with Gasteiger partial charge in [-0.1, -0.05) is 12.1 Å². The van der Waals surface area contributed by atoms with Gasteiger partial charge < -0.3 is 5.32 Å². The lowest BCUT2D eigenvalue weighted by Gasteiger charge is -2.09. The highest BCUT2D eigenvalue weighted by molar-refractivity contribution is 7.15. The van der Waals surface area contributed by atoms with Gasteiger partial charge in [-0.25, -0.2) is 9.37 Å². The normalized spacial score (nSPS) is 11.7. The summed E-state index contributed by atoms with van der Waals surface area (Å²) < 4.78 is 53.2. The number of nitrogens with zero attached hydrogens (tertiary/aromatic N) is 2. The van der Waals surface area contributed by atoms with Crippen LogP contribution in [0.3, 0.4) is 0 Å². The molecule has 0 radical (unpaired) electrons. The molecule has 4 rings (SSSR count). The van der Waals surface area contributed by atoms with Gasteiger partial charge in [-0.3, -0.25) is 9.20 Å². The lowest BCUT2D eigenvalue weighted by Crippen LogP contribution is -2.14. The number of carbonyl (C=O) groups excluding carboxylic acids is 1. The van der Waals surface area contributed by atoms with Gasteiger partial charge in [0.2, 0.25) is 0 Å². The summed E-state index contributed by atoms with van der Waals surface area (Å²) in [5.41, 5.74) is 0.462. The second-order valence-corrected chi connectivity index (χ2v) is 6.77. The van der Waals surface area contributed by atoms with Crippen LogP contribution in [0, 0.1) is 5.82 Å². The van der Waals surface area contributed by atoms with Crippen LogP contribution in [-0.4, -0.2) is 15.3 Å². The molecule has 142 valence electrons. The Balaban J connectivity index is 1.74. The molecule has 2 heterocycles. The molecule has 0 aliphatic rings. The Bertz CT molecular complexity index is 1140. The quantitative estimate of drug-likeness (QED) is 0.459. The number of carbonyl (C=O) groups is 1. The number of hydrogen-bond donors (Lipinski definition) is 1. The molecule has 0 aliphatic carbocycles. The van der Waals surface area contributed by atoms with Gasteiger partial charge in [0, 0.05) is 22.8 Å². The minimum Gasteiger partial charge on any atom is -0.321 e. The molecule has 2 aromatic heterocycles. The summed E-state index contributed by atoms with van der Waals surface area (Å²) in [5.74, 6) is -0.983. The van der Waals surface area contributed by atoms with Crippen molar-refractivity contribution < 1.29 is 22.4 Å². The molecule has 0 saturated carbocycles. The molecular weight excluding hydrogens is 394 g/mol. The number of aromatic nitrogens is 2. The van der Waals surface area contributed by atoms with Gasteiger partial charge >= 0.3 is 6.18 Å². The van der Waals surface area contributed by atoms with E-state index in [4.69, 9.17) is 0 Å². The molecule has 0 aliphatic heterocycles. The van der Waals surface area contributed by atoms with E-state index in [0.717, 1.165) is 12.1 Å². The van der Waals surface area contributed by atoms with Crippen LogP contribution in [0.4, 0.5) is 23.2 Å². The van der Waals surface area contributed by atoms with Gasteiger partial charge in [-0.15, -0.1) is 11.3 Å². The molecule has 4 nitrogen and oxygen atoms in total. The molecule has 9 heteroatoms. The van der Waals surface area contributed by atoms with Crippen LogP contribution in [-0.2, 0) is 6.18 Å². The van der Waals surface area contributed by atoms with Crippen LogP contribution < -0.4 is 5.32 Å². The predicted octanol–water partition coefficient (Wildman–Crippen LogP) is 5.47. The second-order valence-electron chi connectivity index (χ2n) is 5.90. The fourth-order valence-corrected chi connectivity index (χ4v) is 3.47. The maximum Gasteiger partial charge on any atom is 0.416 e. The zero-order valence-corrected chi connectivity index (χ0v) is 14.8. The lowest BCUT2D eigenvalue weighted by molar-refractivity contribution is -0.137. The van der Waals surface area contributed by atoms with Crippen molar-refractivity contribution in [1.82, 2.24) is 9.38 Å². The Morgan fingerprint density at radius 1 is 1.04 bits per heavy atom. The molecule has 0 atom stereocenters. The highest BCUT2D eigenvalue weighted by Gasteiger charge is 2.30. The van der Waals surface area contributed by atoms with Crippen LogP contribution in [0.25, 0.3) is 16.2 Å². The van der Waals surface area contributed by atoms with Crippen molar-refractivity contribution in [2.24, 2.45) is 0 Å². The predicted molar refractivity (Wildman–Crippen MR) is 97.9 cm³/mol. The first-order valence-corrected chi connectivity index (χ1v) is 8.91. The molecule has 0 fully saturated rings. The Labute approximate surface area is 160 Å². The number of hydrogen-bond acceptors (Lipinski definition) is 3. The smallest absolute Gasteiger partial charge is 0.321 e. The number of nitrogens with one attached hydrogen (secondary N) is 1. The molecule has 0 bridgehead atoms. The highest BCUT2D eigenvalue weighted by atomic mass is 32.1. The first-order chi connectivity index (χ1) is 13.3. The van der Waals surface area contributed by atoms with Crippen LogP contribution in [0.15, 0.2) is 60.1 Å². The van der Waals surface area contributed by atoms with Crippen LogP contribution >= 0.6 is 11.3 Å². The average Bonchev–Trinajstić information content (AvgIpc) is 3.24. The zero-order valence-electron chi connectivity index (χ0n) is 14.0. The molecule has 1 amide bonds. The summed E-state index contributed by atoms with van der Waals surface area (Å²) in [7, 11) is 0. The van der Waals surface area contributed by atoms with Crippen molar-refractivity contribution in [2.45, 2.75) is 6.18 Å². The minimum atomic E-state index is -4.45. The topological polar surface area (TPSA) is 46.4 Å². The summed E-state index contributed by atoms with van der Waals surface area (Å²) in [5, 5.41) is 4.39. The third-order valence-electron chi connectivity index (χ3n) is 4.06. The van der Waals surface area contributed by atoms with Crippen molar-refractivity contribution >= 4 is 27.9 Å². The minimum absolute atomic E-state index is 0.0657. The molecule has 2 aromatic carbocycles.